The van der Waals surface area contributed by atoms with E-state index in [9.17, 15) is 75.4 Å². The molecular weight excluding hydrogens is 1000 g/mol. The van der Waals surface area contributed by atoms with Gasteiger partial charge in [0, 0.05) is 49.4 Å². The van der Waals surface area contributed by atoms with Gasteiger partial charge >= 0.3 is 24.4 Å². The first-order valence-electron chi connectivity index (χ1n) is 22.7. The molecule has 2 atom stereocenters. The molecule has 1 aliphatic carbocycles. The highest BCUT2D eigenvalue weighted by Gasteiger charge is 2.44. The first kappa shape index (κ1) is 59.0. The predicted octanol–water partition coefficient (Wildman–Crippen LogP) is 16.3. The lowest BCUT2D eigenvalue weighted by molar-refractivity contribution is -0.268. The van der Waals surface area contributed by atoms with E-state index in [4.69, 9.17) is 9.47 Å². The monoisotopic (exact) mass is 1050 g/mol. The van der Waals surface area contributed by atoms with Crippen molar-refractivity contribution in [1.82, 2.24) is 0 Å². The lowest BCUT2D eigenvalue weighted by Gasteiger charge is -2.25. The van der Waals surface area contributed by atoms with Gasteiger partial charge in [-0.05, 0) is 31.3 Å². The summed E-state index contributed by atoms with van der Waals surface area (Å²) in [6, 6.07) is 2.33. The number of benzene rings is 3. The van der Waals surface area contributed by atoms with Crippen molar-refractivity contribution in [2.24, 2.45) is 5.92 Å². The summed E-state index contributed by atoms with van der Waals surface area (Å²) in [5, 5.41) is 9.55. The maximum Gasteiger partial charge on any atom is 0.432 e. The highest BCUT2D eigenvalue weighted by atomic mass is 19.3. The molecule has 0 aromatic heterocycles. The zero-order valence-corrected chi connectivity index (χ0v) is 38.2. The second-order valence-corrected chi connectivity index (χ2v) is 16.4. The van der Waals surface area contributed by atoms with E-state index in [-0.39, 0.29) is 56.3 Å². The number of hydrogen-bond donors (Lipinski definition) is 1. The molecule has 0 fully saturated rings. The predicted molar refractivity (Wildman–Crippen MR) is 227 cm³/mol. The topological polar surface area (TPSA) is 75.6 Å². The smallest absolute Gasteiger partial charge is 0.432 e. The normalized spacial score (nSPS) is 14.5. The zero-order chi connectivity index (χ0) is 53.0. The van der Waals surface area contributed by atoms with Gasteiger partial charge in [0.05, 0.1) is 19.3 Å². The molecule has 1 N–H and O–H groups in total. The summed E-state index contributed by atoms with van der Waals surface area (Å²) in [6.07, 6.45) is -5.82. The maximum absolute atomic E-state index is 14.8. The Kier molecular flexibility index (Phi) is 23.4. The van der Waals surface area contributed by atoms with Crippen LogP contribution in [0.5, 0.6) is 23.0 Å². The molecule has 3 aromatic carbocycles. The number of ether oxygens (including phenoxy) is 6. The number of aliphatic hydroxyl groups is 1. The fourth-order valence-electron chi connectivity index (χ4n) is 7.56. The van der Waals surface area contributed by atoms with E-state index in [0.717, 1.165) is 64.2 Å². The largest absolute Gasteiger partial charge is 0.493 e. The average molecular weight is 1050 g/mol. The summed E-state index contributed by atoms with van der Waals surface area (Å²) >= 11 is 0. The standard InChI is InChI=1S/C49H50F16O7/c50-34-19-30(20-35(51)44(34)48(62,63)71-32-23-38(54)46(39(55)24-32)69-27-42(58)59)67-17-11-7-3-1-5-9-13-29(15-16-66)14-10-6-2-4-8-12-18-68-31-21-36(52)45(37(53)22-31)49(64,65)72-33-25-40(56)47(41(57)26-33)70-28-43(60)61/h19-25,27-29,33,66H,1-18,26H2. The summed E-state index contributed by atoms with van der Waals surface area (Å²) in [5.41, 5.74) is -3.70. The average Bonchev–Trinajstić information content (AvgIpc) is 3.26. The van der Waals surface area contributed by atoms with Gasteiger partial charge in [-0.1, -0.05) is 77.0 Å². The minimum Gasteiger partial charge on any atom is -0.493 e. The molecule has 0 saturated heterocycles. The number of alkyl halides is 4. The minimum absolute atomic E-state index is 0.0131. The van der Waals surface area contributed by atoms with Gasteiger partial charge in [-0.3, -0.25) is 0 Å². The first-order valence-corrected chi connectivity index (χ1v) is 22.7. The Balaban J connectivity index is 1.05. The number of halogens is 16. The van der Waals surface area contributed by atoms with Crippen LogP contribution in [-0.2, 0) is 21.7 Å². The lowest BCUT2D eigenvalue weighted by atomic mass is 9.92. The molecule has 3 aromatic rings. The minimum atomic E-state index is -4.77. The highest BCUT2D eigenvalue weighted by molar-refractivity contribution is 5.38. The van der Waals surface area contributed by atoms with Crippen molar-refractivity contribution in [3.63, 3.8) is 0 Å². The Labute approximate surface area is 403 Å². The van der Waals surface area contributed by atoms with E-state index in [1.54, 1.807) is 0 Å². The van der Waals surface area contributed by atoms with Crippen LogP contribution in [-0.4, -0.2) is 31.0 Å². The van der Waals surface area contributed by atoms with Crippen LogP contribution in [0, 0.1) is 40.8 Å². The third-order valence-electron chi connectivity index (χ3n) is 10.9. The van der Waals surface area contributed by atoms with Crippen molar-refractivity contribution in [3.8, 4) is 23.0 Å². The lowest BCUT2D eigenvalue weighted by Crippen LogP contribution is -2.29. The molecule has 4 rings (SSSR count). The molecular formula is C49H50F16O7. The van der Waals surface area contributed by atoms with E-state index in [1.165, 1.54) is 0 Å². The van der Waals surface area contributed by atoms with Gasteiger partial charge in [0.1, 0.15) is 57.5 Å². The van der Waals surface area contributed by atoms with Crippen LogP contribution < -0.4 is 18.9 Å². The van der Waals surface area contributed by atoms with E-state index < -0.39 is 118 Å². The molecule has 0 saturated carbocycles. The number of allylic oxidation sites excluding steroid dienone is 1. The molecule has 0 heterocycles. The fourth-order valence-corrected chi connectivity index (χ4v) is 7.56. The summed E-state index contributed by atoms with van der Waals surface area (Å²) in [6.45, 7) is 0.0829. The Morgan fingerprint density at radius 2 is 0.958 bits per heavy atom. The van der Waals surface area contributed by atoms with Crippen molar-refractivity contribution < 1.29 is 104 Å². The van der Waals surface area contributed by atoms with E-state index >= 15 is 0 Å². The van der Waals surface area contributed by atoms with Crippen LogP contribution in [0.3, 0.4) is 0 Å². The van der Waals surface area contributed by atoms with Gasteiger partial charge in [-0.25, -0.2) is 35.1 Å². The summed E-state index contributed by atoms with van der Waals surface area (Å²) < 4.78 is 251. The van der Waals surface area contributed by atoms with Crippen molar-refractivity contribution in [2.75, 3.05) is 19.8 Å². The maximum atomic E-state index is 14.8. The molecule has 23 heteroatoms. The highest BCUT2D eigenvalue weighted by Crippen LogP contribution is 2.41. The van der Waals surface area contributed by atoms with Gasteiger partial charge in [-0.2, -0.15) is 35.1 Å². The summed E-state index contributed by atoms with van der Waals surface area (Å²) in [4.78, 5) is 0. The van der Waals surface area contributed by atoms with E-state index in [0.29, 0.717) is 62.3 Å². The van der Waals surface area contributed by atoms with Crippen LogP contribution in [0.1, 0.15) is 114 Å². The SMILES string of the molecule is OCCC(CCCCCCCCOc1cc(F)c(C(F)(F)Oc2cc(F)c(OC=C(F)F)c(F)c2)c(F)c1)CCCCCCCCOc1cc(F)c(C(F)(F)OC2C=C(F)C(OC=C(F)F)=C(F)C2)c(F)c1. The Hall–Kier alpha value is -5.58. The van der Waals surface area contributed by atoms with Gasteiger partial charge in [-0.15, -0.1) is 0 Å². The molecule has 0 radical (unpaired) electrons. The third kappa shape index (κ3) is 18.8. The van der Waals surface area contributed by atoms with Crippen LogP contribution in [0.25, 0.3) is 0 Å². The van der Waals surface area contributed by atoms with Gasteiger partial charge in [0.2, 0.25) is 0 Å². The number of rotatable bonds is 32. The summed E-state index contributed by atoms with van der Waals surface area (Å²) in [7, 11) is 0. The molecule has 0 spiro atoms. The van der Waals surface area contributed by atoms with E-state index in [2.05, 4.69) is 18.9 Å². The molecule has 72 heavy (non-hydrogen) atoms. The molecule has 0 amide bonds. The van der Waals surface area contributed by atoms with Crippen LogP contribution in [0.2, 0.25) is 0 Å². The van der Waals surface area contributed by atoms with Gasteiger partial charge < -0.3 is 33.5 Å². The van der Waals surface area contributed by atoms with Crippen LogP contribution in [0.4, 0.5) is 70.2 Å². The van der Waals surface area contributed by atoms with Gasteiger partial charge in [0.15, 0.2) is 41.5 Å². The van der Waals surface area contributed by atoms with E-state index in [1.807, 2.05) is 0 Å². The second-order valence-electron chi connectivity index (χ2n) is 16.4. The van der Waals surface area contributed by atoms with Crippen molar-refractivity contribution in [2.45, 2.75) is 121 Å². The summed E-state index contributed by atoms with van der Waals surface area (Å²) in [5.74, 6) is -18.0. The van der Waals surface area contributed by atoms with Crippen LogP contribution >= 0.6 is 0 Å². The van der Waals surface area contributed by atoms with Crippen molar-refractivity contribution in [1.29, 1.82) is 0 Å². The molecule has 0 aliphatic heterocycles. The molecule has 2 unspecified atom stereocenters. The Bertz CT molecular complexity index is 2280. The third-order valence-corrected chi connectivity index (χ3v) is 10.9. The molecule has 400 valence electrons. The quantitative estimate of drug-likeness (QED) is 0.0379. The Morgan fingerprint density at radius 1 is 0.542 bits per heavy atom. The number of unbranched alkanes of at least 4 members (excludes halogenated alkanes) is 10. The van der Waals surface area contributed by atoms with Crippen LogP contribution in [0.15, 0.2) is 84.6 Å². The van der Waals surface area contributed by atoms with Crippen molar-refractivity contribution in [3.05, 3.63) is 131 Å². The first-order chi connectivity index (χ1) is 34.1. The number of aliphatic hydroxyl groups excluding tert-OH is 1. The fraction of sp³-hybridized carbons (Fsp3) is 0.469. The zero-order valence-electron chi connectivity index (χ0n) is 38.2. The van der Waals surface area contributed by atoms with Crippen molar-refractivity contribution >= 4 is 0 Å². The molecule has 0 bridgehead atoms. The Morgan fingerprint density at radius 3 is 1.40 bits per heavy atom. The van der Waals surface area contributed by atoms with Gasteiger partial charge in [0.25, 0.3) is 0 Å². The second kappa shape index (κ2) is 28.6. The molecule has 1 aliphatic rings. The molecule has 7 nitrogen and oxygen atoms in total. The number of hydrogen-bond acceptors (Lipinski definition) is 7.